The summed E-state index contributed by atoms with van der Waals surface area (Å²) in [6.45, 7) is 2.26. The van der Waals surface area contributed by atoms with Crippen molar-refractivity contribution in [2.24, 2.45) is 0 Å². The number of Topliss-reactive ketones (excluding diaryl/α,β-unsaturated/α-hetero) is 1. The predicted molar refractivity (Wildman–Crippen MR) is 91.7 cm³/mol. The van der Waals surface area contributed by atoms with E-state index >= 15 is 0 Å². The number of carbonyl (C=O) groups is 1. The van der Waals surface area contributed by atoms with Gasteiger partial charge in [-0.3, -0.25) is 4.79 Å². The molecule has 0 radical (unpaired) electrons. The standard InChI is InChI=1S/C18H30O2S/c1-3-4-5-6-7-8-9-10-11-12-13-17(19)18-14-16(20-2)15-21-18/h14-15H,3-13H2,1-2H3. The molecule has 0 saturated heterocycles. The Balaban J connectivity index is 1.95. The van der Waals surface area contributed by atoms with Crippen LogP contribution in [0.2, 0.25) is 0 Å². The Kier molecular flexibility index (Phi) is 10.2. The molecule has 0 aliphatic heterocycles. The molecular formula is C18H30O2S. The van der Waals surface area contributed by atoms with Crippen LogP contribution in [0.3, 0.4) is 0 Å². The second-order valence-electron chi connectivity index (χ2n) is 5.71. The van der Waals surface area contributed by atoms with Crippen molar-refractivity contribution in [2.75, 3.05) is 7.11 Å². The van der Waals surface area contributed by atoms with Crippen LogP contribution in [0.1, 0.15) is 87.2 Å². The van der Waals surface area contributed by atoms with E-state index in [2.05, 4.69) is 6.92 Å². The second-order valence-corrected chi connectivity index (χ2v) is 6.62. The van der Waals surface area contributed by atoms with Crippen molar-refractivity contribution in [3.63, 3.8) is 0 Å². The number of thiophene rings is 1. The Hall–Kier alpha value is -0.830. The topological polar surface area (TPSA) is 26.3 Å². The van der Waals surface area contributed by atoms with Crippen molar-refractivity contribution in [3.05, 3.63) is 16.3 Å². The van der Waals surface area contributed by atoms with Gasteiger partial charge in [0.25, 0.3) is 0 Å². The van der Waals surface area contributed by atoms with Gasteiger partial charge in [-0.2, -0.15) is 0 Å². The molecule has 120 valence electrons. The first-order chi connectivity index (χ1) is 10.3. The highest BCUT2D eigenvalue weighted by molar-refractivity contribution is 7.12. The van der Waals surface area contributed by atoms with E-state index in [1.807, 2.05) is 11.4 Å². The summed E-state index contributed by atoms with van der Waals surface area (Å²) in [6, 6.07) is 1.85. The minimum atomic E-state index is 0.267. The van der Waals surface area contributed by atoms with Crippen molar-refractivity contribution in [1.82, 2.24) is 0 Å². The SMILES string of the molecule is CCCCCCCCCCCCC(=O)c1cc(OC)cs1. The van der Waals surface area contributed by atoms with Crippen LogP contribution in [0.25, 0.3) is 0 Å². The number of rotatable bonds is 13. The average Bonchev–Trinajstić information content (AvgIpc) is 2.98. The zero-order valence-electron chi connectivity index (χ0n) is 13.7. The lowest BCUT2D eigenvalue weighted by Crippen LogP contribution is -1.95. The van der Waals surface area contributed by atoms with Gasteiger partial charge >= 0.3 is 0 Å². The second kappa shape index (κ2) is 11.8. The molecule has 0 N–H and O–H groups in total. The lowest BCUT2D eigenvalue weighted by atomic mass is 10.0. The van der Waals surface area contributed by atoms with Crippen molar-refractivity contribution < 1.29 is 9.53 Å². The van der Waals surface area contributed by atoms with Crippen LogP contribution in [0, 0.1) is 0 Å². The summed E-state index contributed by atoms with van der Waals surface area (Å²) in [4.78, 5) is 12.8. The zero-order valence-corrected chi connectivity index (χ0v) is 14.5. The summed E-state index contributed by atoms with van der Waals surface area (Å²) in [5.74, 6) is 1.06. The maximum Gasteiger partial charge on any atom is 0.172 e. The lowest BCUT2D eigenvalue weighted by molar-refractivity contribution is 0.0983. The summed E-state index contributed by atoms with van der Waals surface area (Å²) in [5, 5.41) is 1.89. The van der Waals surface area contributed by atoms with E-state index in [0.717, 1.165) is 17.0 Å². The molecule has 0 unspecified atom stereocenters. The minimum absolute atomic E-state index is 0.267. The smallest absolute Gasteiger partial charge is 0.172 e. The van der Waals surface area contributed by atoms with Gasteiger partial charge in [-0.25, -0.2) is 0 Å². The largest absolute Gasteiger partial charge is 0.496 e. The van der Waals surface area contributed by atoms with Gasteiger partial charge in [0.2, 0.25) is 0 Å². The molecule has 1 aromatic rings. The van der Waals surface area contributed by atoms with Crippen LogP contribution >= 0.6 is 11.3 Å². The molecule has 0 bridgehead atoms. The van der Waals surface area contributed by atoms with Gasteiger partial charge in [0.1, 0.15) is 5.75 Å². The number of ether oxygens (including phenoxy) is 1. The molecular weight excluding hydrogens is 280 g/mol. The first kappa shape index (κ1) is 18.2. The molecule has 0 aliphatic carbocycles. The van der Waals surface area contributed by atoms with Crippen molar-refractivity contribution in [2.45, 2.75) is 77.6 Å². The number of methoxy groups -OCH3 is 1. The average molecular weight is 311 g/mol. The number of hydrogen-bond acceptors (Lipinski definition) is 3. The van der Waals surface area contributed by atoms with Gasteiger partial charge in [-0.1, -0.05) is 64.7 Å². The highest BCUT2D eigenvalue weighted by Crippen LogP contribution is 2.23. The van der Waals surface area contributed by atoms with Crippen LogP contribution in [0.5, 0.6) is 5.75 Å². The third kappa shape index (κ3) is 8.25. The van der Waals surface area contributed by atoms with Gasteiger partial charge in [0.05, 0.1) is 12.0 Å². The summed E-state index contributed by atoms with van der Waals surface area (Å²) in [7, 11) is 1.64. The Morgan fingerprint density at radius 3 is 2.10 bits per heavy atom. The Morgan fingerprint density at radius 1 is 1.00 bits per heavy atom. The Labute approximate surface area is 133 Å². The number of unbranched alkanes of at least 4 members (excludes halogenated alkanes) is 9. The van der Waals surface area contributed by atoms with Crippen LogP contribution in [-0.2, 0) is 0 Å². The maximum atomic E-state index is 12.0. The molecule has 0 saturated carbocycles. The van der Waals surface area contributed by atoms with E-state index in [0.29, 0.717) is 6.42 Å². The summed E-state index contributed by atoms with van der Waals surface area (Å²) in [6.07, 6.45) is 13.7. The van der Waals surface area contributed by atoms with Crippen LogP contribution in [-0.4, -0.2) is 12.9 Å². The Morgan fingerprint density at radius 2 is 1.57 bits per heavy atom. The molecule has 0 aliphatic rings. The predicted octanol–water partition coefficient (Wildman–Crippen LogP) is 6.25. The molecule has 21 heavy (non-hydrogen) atoms. The number of ketones is 1. The molecule has 2 nitrogen and oxygen atoms in total. The highest BCUT2D eigenvalue weighted by atomic mass is 32.1. The molecule has 0 fully saturated rings. The maximum absolute atomic E-state index is 12.0. The molecule has 1 rings (SSSR count). The molecule has 0 aromatic carbocycles. The van der Waals surface area contributed by atoms with E-state index in [1.165, 1.54) is 69.1 Å². The van der Waals surface area contributed by atoms with Crippen LogP contribution in [0.15, 0.2) is 11.4 Å². The fourth-order valence-corrected chi connectivity index (χ4v) is 3.29. The summed E-state index contributed by atoms with van der Waals surface area (Å²) < 4.78 is 5.11. The minimum Gasteiger partial charge on any atom is -0.496 e. The third-order valence-electron chi connectivity index (χ3n) is 3.84. The normalized spacial score (nSPS) is 10.8. The molecule has 1 heterocycles. The highest BCUT2D eigenvalue weighted by Gasteiger charge is 2.08. The van der Waals surface area contributed by atoms with Crippen LogP contribution in [0.4, 0.5) is 0 Å². The molecule has 3 heteroatoms. The fourth-order valence-electron chi connectivity index (χ4n) is 2.47. The summed E-state index contributed by atoms with van der Waals surface area (Å²) >= 11 is 1.49. The van der Waals surface area contributed by atoms with Crippen LogP contribution < -0.4 is 4.74 Å². The Bertz CT molecular complexity index is 384. The van der Waals surface area contributed by atoms with Gasteiger partial charge in [0, 0.05) is 17.9 Å². The van der Waals surface area contributed by atoms with Gasteiger partial charge in [-0.15, -0.1) is 11.3 Å². The molecule has 0 atom stereocenters. The zero-order chi connectivity index (χ0) is 15.3. The third-order valence-corrected chi connectivity index (χ3v) is 4.79. The fraction of sp³-hybridized carbons (Fsp3) is 0.722. The lowest BCUT2D eigenvalue weighted by Gasteiger charge is -2.02. The van der Waals surface area contributed by atoms with Gasteiger partial charge < -0.3 is 4.74 Å². The van der Waals surface area contributed by atoms with Crippen molar-refractivity contribution >= 4 is 17.1 Å². The van der Waals surface area contributed by atoms with Crippen molar-refractivity contribution in [1.29, 1.82) is 0 Å². The quantitative estimate of drug-likeness (QED) is 0.318. The van der Waals surface area contributed by atoms with E-state index in [1.54, 1.807) is 7.11 Å². The monoisotopic (exact) mass is 310 g/mol. The first-order valence-corrected chi connectivity index (χ1v) is 9.31. The molecule has 1 aromatic heterocycles. The molecule has 0 spiro atoms. The number of carbonyl (C=O) groups excluding carboxylic acids is 1. The van der Waals surface area contributed by atoms with E-state index in [4.69, 9.17) is 4.74 Å². The van der Waals surface area contributed by atoms with E-state index in [-0.39, 0.29) is 5.78 Å². The van der Waals surface area contributed by atoms with Gasteiger partial charge in [-0.05, 0) is 6.42 Å². The van der Waals surface area contributed by atoms with E-state index < -0.39 is 0 Å². The number of hydrogen-bond donors (Lipinski definition) is 0. The summed E-state index contributed by atoms with van der Waals surface area (Å²) in [5.41, 5.74) is 0. The molecule has 0 amide bonds. The first-order valence-electron chi connectivity index (χ1n) is 8.43. The van der Waals surface area contributed by atoms with Gasteiger partial charge in [0.15, 0.2) is 5.78 Å². The van der Waals surface area contributed by atoms with Crippen molar-refractivity contribution in [3.8, 4) is 5.75 Å². The van der Waals surface area contributed by atoms with E-state index in [9.17, 15) is 4.79 Å².